The average Bonchev–Trinajstić information content (AvgIpc) is 2.15. The molecule has 85 valence electrons. The van der Waals surface area contributed by atoms with E-state index in [0.29, 0.717) is 0 Å². The molecule has 6 N–H and O–H groups in total. The molecule has 0 aromatic heterocycles. The Labute approximate surface area is 125 Å². The fraction of sp³-hybridized carbons (Fsp3) is 0. The third-order valence-electron chi connectivity index (χ3n) is 1.94. The molecule has 0 aliphatic rings. The second-order valence-corrected chi connectivity index (χ2v) is 3.46. The van der Waals surface area contributed by atoms with Crippen LogP contribution in [0, 0.1) is 0 Å². The van der Waals surface area contributed by atoms with Gasteiger partial charge in [0, 0.05) is 34.5 Å². The van der Waals surface area contributed by atoms with Crippen molar-refractivity contribution < 1.29 is 14.4 Å². The molecule has 8 heteroatoms. The first-order valence-corrected chi connectivity index (χ1v) is 4.56. The zero-order valence-electron chi connectivity index (χ0n) is 9.06. The van der Waals surface area contributed by atoms with Gasteiger partial charge in [-0.15, -0.1) is 12.6 Å². The number of thiol groups is 1. The van der Waals surface area contributed by atoms with E-state index in [1.807, 2.05) is 0 Å². The molecular formula is C9H9N3NaO3S. The number of benzene rings is 1. The van der Waals surface area contributed by atoms with E-state index in [-0.39, 0.29) is 51.1 Å². The van der Waals surface area contributed by atoms with E-state index in [0.717, 1.165) is 0 Å². The first kappa shape index (κ1) is 16.0. The van der Waals surface area contributed by atoms with Crippen LogP contribution in [0.5, 0.6) is 0 Å². The van der Waals surface area contributed by atoms with Gasteiger partial charge in [-0.05, 0) is 12.1 Å². The first-order chi connectivity index (χ1) is 7.36. The van der Waals surface area contributed by atoms with Crippen molar-refractivity contribution in [2.24, 2.45) is 17.2 Å². The van der Waals surface area contributed by atoms with Gasteiger partial charge in [0.25, 0.3) is 5.91 Å². The molecule has 1 aromatic carbocycles. The fourth-order valence-electron chi connectivity index (χ4n) is 1.30. The van der Waals surface area contributed by atoms with Crippen LogP contribution in [0.4, 0.5) is 0 Å². The molecule has 0 heterocycles. The van der Waals surface area contributed by atoms with Gasteiger partial charge in [0.05, 0.1) is 16.7 Å². The molecule has 0 unspecified atom stereocenters. The summed E-state index contributed by atoms with van der Waals surface area (Å²) in [7, 11) is 0. The van der Waals surface area contributed by atoms with Gasteiger partial charge < -0.3 is 17.2 Å². The number of hydrogen-bond donors (Lipinski definition) is 4. The van der Waals surface area contributed by atoms with E-state index < -0.39 is 17.7 Å². The van der Waals surface area contributed by atoms with E-state index >= 15 is 0 Å². The van der Waals surface area contributed by atoms with E-state index in [4.69, 9.17) is 17.2 Å². The molecule has 0 spiro atoms. The molecule has 0 aliphatic heterocycles. The summed E-state index contributed by atoms with van der Waals surface area (Å²) in [6.07, 6.45) is 0. The molecule has 0 saturated heterocycles. The monoisotopic (exact) mass is 262 g/mol. The number of carbonyl (C=O) groups excluding carboxylic acids is 3. The van der Waals surface area contributed by atoms with Crippen molar-refractivity contribution in [1.82, 2.24) is 0 Å². The molecular weight excluding hydrogens is 253 g/mol. The number of nitrogens with two attached hydrogens (primary N) is 3. The van der Waals surface area contributed by atoms with E-state index in [1.165, 1.54) is 12.1 Å². The van der Waals surface area contributed by atoms with Gasteiger partial charge >= 0.3 is 0 Å². The number of primary amides is 3. The first-order valence-electron chi connectivity index (χ1n) is 4.11. The molecule has 1 aromatic rings. The molecule has 1 radical (unpaired) electrons. The molecule has 0 saturated carbocycles. The minimum atomic E-state index is -0.960. The number of rotatable bonds is 3. The molecule has 3 amide bonds. The van der Waals surface area contributed by atoms with Gasteiger partial charge in [-0.1, -0.05) is 0 Å². The van der Waals surface area contributed by atoms with Crippen LogP contribution in [0.15, 0.2) is 17.0 Å². The second kappa shape index (κ2) is 6.06. The number of hydrogen-bond acceptors (Lipinski definition) is 4. The second-order valence-electron chi connectivity index (χ2n) is 2.98. The molecule has 6 nitrogen and oxygen atoms in total. The average molecular weight is 262 g/mol. The Morgan fingerprint density at radius 1 is 0.882 bits per heavy atom. The largest absolute Gasteiger partial charge is 0.366 e. The quantitative estimate of drug-likeness (QED) is 0.407. The maximum Gasteiger partial charge on any atom is 0.250 e. The molecule has 0 aliphatic carbocycles. The zero-order valence-corrected chi connectivity index (χ0v) is 12.0. The Hall–Kier alpha value is -1.02. The molecule has 17 heavy (non-hydrogen) atoms. The maximum atomic E-state index is 11.2. The summed E-state index contributed by atoms with van der Waals surface area (Å²) in [6, 6.07) is 2.60. The van der Waals surface area contributed by atoms with Gasteiger partial charge in [0.15, 0.2) is 0 Å². The molecule has 0 atom stereocenters. The van der Waals surface area contributed by atoms with Crippen molar-refractivity contribution >= 4 is 59.9 Å². The summed E-state index contributed by atoms with van der Waals surface area (Å²) in [5, 5.41) is 0. The third kappa shape index (κ3) is 3.22. The van der Waals surface area contributed by atoms with E-state index in [9.17, 15) is 14.4 Å². The summed E-state index contributed by atoms with van der Waals surface area (Å²) in [4.78, 5) is 33.5. The number of carbonyl (C=O) groups is 3. The van der Waals surface area contributed by atoms with Crippen LogP contribution >= 0.6 is 12.6 Å². The van der Waals surface area contributed by atoms with Crippen molar-refractivity contribution in [2.45, 2.75) is 4.90 Å². The van der Waals surface area contributed by atoms with Crippen molar-refractivity contribution in [1.29, 1.82) is 0 Å². The van der Waals surface area contributed by atoms with Gasteiger partial charge in [0.1, 0.15) is 0 Å². The van der Waals surface area contributed by atoms with Gasteiger partial charge in [0.2, 0.25) is 11.8 Å². The zero-order chi connectivity index (χ0) is 12.5. The minimum Gasteiger partial charge on any atom is -0.366 e. The van der Waals surface area contributed by atoms with Crippen LogP contribution in [0.3, 0.4) is 0 Å². The Bertz CT molecular complexity index is 505. The van der Waals surface area contributed by atoms with Crippen molar-refractivity contribution in [3.05, 3.63) is 28.8 Å². The normalized spacial score (nSPS) is 9.24. The Kier molecular flexibility index (Phi) is 5.70. The van der Waals surface area contributed by atoms with Crippen molar-refractivity contribution in [3.63, 3.8) is 0 Å². The Morgan fingerprint density at radius 3 is 1.71 bits per heavy atom. The third-order valence-corrected chi connectivity index (χ3v) is 2.31. The van der Waals surface area contributed by atoms with Gasteiger partial charge in [-0.25, -0.2) is 0 Å². The topological polar surface area (TPSA) is 129 Å². The van der Waals surface area contributed by atoms with Crippen LogP contribution in [-0.2, 0) is 0 Å². The Balaban J connectivity index is 0.00000256. The van der Waals surface area contributed by atoms with Crippen molar-refractivity contribution in [3.8, 4) is 0 Å². The van der Waals surface area contributed by atoms with Crippen molar-refractivity contribution in [2.75, 3.05) is 0 Å². The standard InChI is InChI=1S/C9H9N3O3S.Na/c10-7(13)3-1-2-4(16)6(9(12)15)5(3)8(11)14;/h1-2,16H,(H2,10,13)(H2,11,14)(H2,12,15);. The van der Waals surface area contributed by atoms with E-state index in [1.54, 1.807) is 0 Å². The van der Waals surface area contributed by atoms with Crippen LogP contribution in [-0.4, -0.2) is 47.3 Å². The molecule has 1 rings (SSSR count). The smallest absolute Gasteiger partial charge is 0.250 e. The summed E-state index contributed by atoms with van der Waals surface area (Å²) in [5.41, 5.74) is 14.5. The van der Waals surface area contributed by atoms with Crippen LogP contribution in [0.25, 0.3) is 0 Å². The van der Waals surface area contributed by atoms with Crippen LogP contribution in [0.2, 0.25) is 0 Å². The Morgan fingerprint density at radius 2 is 1.35 bits per heavy atom. The SMILES string of the molecule is NC(=O)c1ccc(S)c(C(N)=O)c1C(N)=O.[Na]. The predicted molar refractivity (Wildman–Crippen MR) is 65.0 cm³/mol. The maximum absolute atomic E-state index is 11.2. The molecule has 0 fully saturated rings. The summed E-state index contributed by atoms with van der Waals surface area (Å²) in [5.74, 6) is -2.73. The van der Waals surface area contributed by atoms with Gasteiger partial charge in [-0.2, -0.15) is 0 Å². The number of amides is 3. The molecule has 0 bridgehead atoms. The fourth-order valence-corrected chi connectivity index (χ4v) is 1.60. The summed E-state index contributed by atoms with van der Waals surface area (Å²) < 4.78 is 0. The van der Waals surface area contributed by atoms with Gasteiger partial charge in [-0.3, -0.25) is 14.4 Å². The van der Waals surface area contributed by atoms with E-state index in [2.05, 4.69) is 12.6 Å². The minimum absolute atomic E-state index is 0. The van der Waals surface area contributed by atoms with Crippen LogP contribution in [0.1, 0.15) is 31.1 Å². The van der Waals surface area contributed by atoms with Crippen LogP contribution < -0.4 is 17.2 Å². The predicted octanol–water partition coefficient (Wildman–Crippen LogP) is -1.11. The summed E-state index contributed by atoms with van der Waals surface area (Å²) >= 11 is 3.96. The summed E-state index contributed by atoms with van der Waals surface area (Å²) in [6.45, 7) is 0.